The number of nitrogens with zero attached hydrogens (tertiary/aromatic N) is 2. The van der Waals surface area contributed by atoms with Crippen LogP contribution in [0.3, 0.4) is 0 Å². The van der Waals surface area contributed by atoms with Gasteiger partial charge in [0.2, 0.25) is 0 Å². The van der Waals surface area contributed by atoms with Crippen LogP contribution in [0.4, 0.5) is 0 Å². The van der Waals surface area contributed by atoms with Crippen LogP contribution in [-0.4, -0.2) is 9.78 Å². The molecular weight excluding hydrogens is 144 g/mol. The van der Waals surface area contributed by atoms with Crippen molar-refractivity contribution in [1.82, 2.24) is 9.78 Å². The van der Waals surface area contributed by atoms with Gasteiger partial charge < -0.3 is 0 Å². The minimum Gasteiger partial charge on any atom is -0.273 e. The van der Waals surface area contributed by atoms with E-state index in [2.05, 4.69) is 24.7 Å². The maximum absolute atomic E-state index is 4.29. The highest BCUT2D eigenvalue weighted by molar-refractivity contribution is 7.80. The van der Waals surface area contributed by atoms with E-state index in [9.17, 15) is 0 Å². The Kier molecular flexibility index (Phi) is 2.38. The summed E-state index contributed by atoms with van der Waals surface area (Å²) in [7, 11) is 0. The van der Waals surface area contributed by atoms with Gasteiger partial charge in [0.15, 0.2) is 0 Å². The summed E-state index contributed by atoms with van der Waals surface area (Å²) in [4.78, 5) is 0. The minimum absolute atomic E-state index is 0.292. The molecule has 0 amide bonds. The van der Waals surface area contributed by atoms with Gasteiger partial charge in [-0.25, -0.2) is 0 Å². The smallest absolute Gasteiger partial charge is 0.0532 e. The minimum atomic E-state index is 0.292. The lowest BCUT2D eigenvalue weighted by atomic mass is 10.3. The standard InChI is InChI=1S/C7H12N2S/c1-3-9-5-7(4-8-9)6(2)10/h4-6,10H,3H2,1-2H3. The fraction of sp³-hybridized carbons (Fsp3) is 0.571. The molecule has 2 nitrogen and oxygen atoms in total. The van der Waals surface area contributed by atoms with Crippen LogP contribution < -0.4 is 0 Å². The Hall–Kier alpha value is -0.440. The molecule has 0 saturated heterocycles. The number of rotatable bonds is 2. The van der Waals surface area contributed by atoms with Gasteiger partial charge in [0, 0.05) is 23.6 Å². The summed E-state index contributed by atoms with van der Waals surface area (Å²) < 4.78 is 1.90. The zero-order valence-corrected chi connectivity index (χ0v) is 7.18. The van der Waals surface area contributed by atoms with Crippen LogP contribution in [0.2, 0.25) is 0 Å². The first kappa shape index (κ1) is 7.66. The molecule has 10 heavy (non-hydrogen) atoms. The topological polar surface area (TPSA) is 17.8 Å². The Morgan fingerprint density at radius 2 is 2.50 bits per heavy atom. The van der Waals surface area contributed by atoms with Gasteiger partial charge in [-0.2, -0.15) is 17.7 Å². The van der Waals surface area contributed by atoms with Crippen LogP contribution in [-0.2, 0) is 6.54 Å². The molecule has 0 aliphatic carbocycles. The molecule has 0 N–H and O–H groups in total. The second-order valence-corrected chi connectivity index (χ2v) is 3.08. The van der Waals surface area contributed by atoms with Crippen LogP contribution in [0, 0.1) is 0 Å². The molecule has 56 valence electrons. The van der Waals surface area contributed by atoms with Gasteiger partial charge in [-0.15, -0.1) is 0 Å². The summed E-state index contributed by atoms with van der Waals surface area (Å²) in [6.07, 6.45) is 3.89. The molecule has 0 aromatic carbocycles. The summed E-state index contributed by atoms with van der Waals surface area (Å²) in [6.45, 7) is 5.04. The normalized spacial score (nSPS) is 13.5. The Labute approximate surface area is 66.7 Å². The molecule has 1 unspecified atom stereocenters. The van der Waals surface area contributed by atoms with E-state index in [-0.39, 0.29) is 0 Å². The number of thiol groups is 1. The van der Waals surface area contributed by atoms with Crippen LogP contribution in [0.1, 0.15) is 24.7 Å². The average Bonchev–Trinajstić information content (AvgIpc) is 2.34. The molecule has 1 aromatic heterocycles. The fourth-order valence-electron chi connectivity index (χ4n) is 0.768. The molecule has 0 aliphatic rings. The molecule has 1 aromatic rings. The van der Waals surface area contributed by atoms with E-state index >= 15 is 0 Å². The molecule has 0 fully saturated rings. The van der Waals surface area contributed by atoms with Gasteiger partial charge in [0.25, 0.3) is 0 Å². The SMILES string of the molecule is CCn1cc(C(C)S)cn1. The van der Waals surface area contributed by atoms with E-state index in [1.165, 1.54) is 5.56 Å². The molecule has 1 rings (SSSR count). The summed E-state index contributed by atoms with van der Waals surface area (Å²) in [5.41, 5.74) is 1.19. The Morgan fingerprint density at radius 3 is 2.80 bits per heavy atom. The van der Waals surface area contributed by atoms with Crippen LogP contribution >= 0.6 is 12.6 Å². The maximum Gasteiger partial charge on any atom is 0.0532 e. The lowest BCUT2D eigenvalue weighted by Gasteiger charge is -1.96. The highest BCUT2D eigenvalue weighted by atomic mass is 32.1. The highest BCUT2D eigenvalue weighted by Crippen LogP contribution is 2.16. The van der Waals surface area contributed by atoms with E-state index in [0.717, 1.165) is 6.54 Å². The zero-order chi connectivity index (χ0) is 7.56. The second kappa shape index (κ2) is 3.10. The number of hydrogen-bond donors (Lipinski definition) is 1. The summed E-state index contributed by atoms with van der Waals surface area (Å²) >= 11 is 4.29. The van der Waals surface area contributed by atoms with Gasteiger partial charge in [-0.3, -0.25) is 4.68 Å². The Morgan fingerprint density at radius 1 is 1.80 bits per heavy atom. The predicted octanol–water partition coefficient (Wildman–Crippen LogP) is 1.89. The van der Waals surface area contributed by atoms with Crippen molar-refractivity contribution in [3.8, 4) is 0 Å². The van der Waals surface area contributed by atoms with E-state index < -0.39 is 0 Å². The third kappa shape index (κ3) is 1.53. The van der Waals surface area contributed by atoms with E-state index in [1.54, 1.807) is 0 Å². The molecule has 1 atom stereocenters. The van der Waals surface area contributed by atoms with E-state index in [4.69, 9.17) is 0 Å². The van der Waals surface area contributed by atoms with Crippen molar-refractivity contribution in [1.29, 1.82) is 0 Å². The van der Waals surface area contributed by atoms with Crippen molar-refractivity contribution >= 4 is 12.6 Å². The Balaban J connectivity index is 2.78. The summed E-state index contributed by atoms with van der Waals surface area (Å²) in [6, 6.07) is 0. The first-order valence-electron chi connectivity index (χ1n) is 3.44. The van der Waals surface area contributed by atoms with Gasteiger partial charge in [0.05, 0.1) is 6.20 Å². The monoisotopic (exact) mass is 156 g/mol. The molecule has 3 heteroatoms. The molecule has 0 aliphatic heterocycles. The molecule has 0 saturated carbocycles. The molecule has 0 bridgehead atoms. The largest absolute Gasteiger partial charge is 0.273 e. The predicted molar refractivity (Wildman–Crippen MR) is 45.3 cm³/mol. The zero-order valence-electron chi connectivity index (χ0n) is 6.28. The fourth-order valence-corrected chi connectivity index (χ4v) is 0.902. The maximum atomic E-state index is 4.29. The third-order valence-corrected chi connectivity index (χ3v) is 1.76. The summed E-state index contributed by atoms with van der Waals surface area (Å²) in [5, 5.41) is 4.42. The van der Waals surface area contributed by atoms with Crippen LogP contribution in [0.15, 0.2) is 12.4 Å². The van der Waals surface area contributed by atoms with Crippen LogP contribution in [0.25, 0.3) is 0 Å². The van der Waals surface area contributed by atoms with Crippen LogP contribution in [0.5, 0.6) is 0 Å². The number of aryl methyl sites for hydroxylation is 1. The van der Waals surface area contributed by atoms with E-state index in [0.29, 0.717) is 5.25 Å². The second-order valence-electron chi connectivity index (χ2n) is 2.31. The Bertz CT molecular complexity index is 205. The highest BCUT2D eigenvalue weighted by Gasteiger charge is 2.00. The molecule has 1 heterocycles. The van der Waals surface area contributed by atoms with Gasteiger partial charge in [-0.1, -0.05) is 0 Å². The lowest BCUT2D eigenvalue weighted by Crippen LogP contribution is -1.92. The van der Waals surface area contributed by atoms with Gasteiger partial charge >= 0.3 is 0 Å². The van der Waals surface area contributed by atoms with Crippen molar-refractivity contribution in [2.45, 2.75) is 25.6 Å². The quantitative estimate of drug-likeness (QED) is 0.647. The molecule has 0 spiro atoms. The van der Waals surface area contributed by atoms with Crippen molar-refractivity contribution < 1.29 is 0 Å². The third-order valence-electron chi connectivity index (χ3n) is 1.46. The molecule has 0 radical (unpaired) electrons. The number of hydrogen-bond acceptors (Lipinski definition) is 2. The van der Waals surface area contributed by atoms with Gasteiger partial charge in [-0.05, 0) is 13.8 Å². The van der Waals surface area contributed by atoms with Crippen molar-refractivity contribution in [3.05, 3.63) is 18.0 Å². The first-order valence-corrected chi connectivity index (χ1v) is 3.96. The van der Waals surface area contributed by atoms with Crippen molar-refractivity contribution in [2.75, 3.05) is 0 Å². The van der Waals surface area contributed by atoms with E-state index in [1.807, 2.05) is 24.0 Å². The lowest BCUT2D eigenvalue weighted by molar-refractivity contribution is 0.659. The first-order chi connectivity index (χ1) is 4.74. The summed E-state index contributed by atoms with van der Waals surface area (Å²) in [5.74, 6) is 0. The number of aromatic nitrogens is 2. The average molecular weight is 156 g/mol. The van der Waals surface area contributed by atoms with Crippen molar-refractivity contribution in [2.24, 2.45) is 0 Å². The van der Waals surface area contributed by atoms with Gasteiger partial charge in [0.1, 0.15) is 0 Å². The molecular formula is C7H12N2S. The van der Waals surface area contributed by atoms with Crippen molar-refractivity contribution in [3.63, 3.8) is 0 Å².